The van der Waals surface area contributed by atoms with Crippen LogP contribution in [0.25, 0.3) is 0 Å². The number of benzene rings is 2. The van der Waals surface area contributed by atoms with E-state index in [-0.39, 0.29) is 22.9 Å². The number of hydrogen-bond donors (Lipinski definition) is 1. The summed E-state index contributed by atoms with van der Waals surface area (Å²) in [5.74, 6) is -0.947. The van der Waals surface area contributed by atoms with E-state index in [1.807, 2.05) is 0 Å². The molecule has 0 spiro atoms. The van der Waals surface area contributed by atoms with Crippen LogP contribution in [0.15, 0.2) is 36.4 Å². The van der Waals surface area contributed by atoms with Gasteiger partial charge in [0, 0.05) is 17.9 Å². The van der Waals surface area contributed by atoms with Crippen LogP contribution in [0.2, 0.25) is 10.0 Å². The van der Waals surface area contributed by atoms with Gasteiger partial charge < -0.3 is 5.11 Å². The van der Waals surface area contributed by atoms with Crippen molar-refractivity contribution in [1.29, 1.82) is 0 Å². The van der Waals surface area contributed by atoms with Crippen molar-refractivity contribution >= 4 is 23.2 Å². The second kappa shape index (κ2) is 6.53. The molecule has 106 valence electrons. The Labute approximate surface area is 125 Å². The first-order valence-corrected chi connectivity index (χ1v) is 6.78. The van der Waals surface area contributed by atoms with Crippen LogP contribution in [0.1, 0.15) is 11.1 Å². The topological polar surface area (TPSA) is 20.2 Å². The summed E-state index contributed by atoms with van der Waals surface area (Å²) in [4.78, 5) is 0. The molecule has 5 heteroatoms. The third-order valence-electron chi connectivity index (χ3n) is 2.96. The highest BCUT2D eigenvalue weighted by Gasteiger charge is 2.13. The molecular formula is C15H12Cl2F2O. The van der Waals surface area contributed by atoms with E-state index in [0.29, 0.717) is 11.1 Å². The lowest BCUT2D eigenvalue weighted by atomic mass is 10.0. The standard InChI is InChI=1S/C15H12Cl2F2O/c16-13-8-11(18)5-4-9(13)6-12(20)7-10-2-1-3-14(19)15(10)17/h1-5,8,12,20H,6-7H2. The Bertz CT molecular complexity index is 617. The lowest BCUT2D eigenvalue weighted by Crippen LogP contribution is -2.14. The zero-order valence-corrected chi connectivity index (χ0v) is 11.9. The number of rotatable bonds is 4. The predicted octanol–water partition coefficient (Wildman–Crippen LogP) is 4.42. The first-order valence-electron chi connectivity index (χ1n) is 6.02. The average Bonchev–Trinajstić information content (AvgIpc) is 2.38. The van der Waals surface area contributed by atoms with Crippen LogP contribution in [0.3, 0.4) is 0 Å². The van der Waals surface area contributed by atoms with Crippen LogP contribution in [0.4, 0.5) is 8.78 Å². The van der Waals surface area contributed by atoms with Crippen LogP contribution in [0, 0.1) is 11.6 Å². The molecule has 0 amide bonds. The quantitative estimate of drug-likeness (QED) is 0.885. The summed E-state index contributed by atoms with van der Waals surface area (Å²) in [6.07, 6.45) is -0.340. The van der Waals surface area contributed by atoms with Crippen molar-refractivity contribution in [3.05, 3.63) is 69.2 Å². The maximum Gasteiger partial charge on any atom is 0.142 e. The van der Waals surface area contributed by atoms with Crippen molar-refractivity contribution in [2.75, 3.05) is 0 Å². The molecule has 2 aromatic carbocycles. The van der Waals surface area contributed by atoms with Crippen LogP contribution in [0.5, 0.6) is 0 Å². The molecule has 0 heterocycles. The van der Waals surface area contributed by atoms with Gasteiger partial charge in [0.1, 0.15) is 11.6 Å². The van der Waals surface area contributed by atoms with Gasteiger partial charge in [-0.25, -0.2) is 8.78 Å². The molecule has 1 nitrogen and oxygen atoms in total. The number of aliphatic hydroxyl groups excluding tert-OH is 1. The summed E-state index contributed by atoms with van der Waals surface area (Å²) >= 11 is 11.7. The van der Waals surface area contributed by atoms with Crippen molar-refractivity contribution in [1.82, 2.24) is 0 Å². The normalized spacial score (nSPS) is 12.4. The molecule has 2 aromatic rings. The minimum atomic E-state index is -0.780. The molecule has 1 atom stereocenters. The molecule has 0 aromatic heterocycles. The van der Waals surface area contributed by atoms with Gasteiger partial charge in [0.15, 0.2) is 0 Å². The molecular weight excluding hydrogens is 305 g/mol. The van der Waals surface area contributed by atoms with Crippen molar-refractivity contribution < 1.29 is 13.9 Å². The fraction of sp³-hybridized carbons (Fsp3) is 0.200. The van der Waals surface area contributed by atoms with Gasteiger partial charge in [0.25, 0.3) is 0 Å². The smallest absolute Gasteiger partial charge is 0.142 e. The van der Waals surface area contributed by atoms with E-state index in [1.54, 1.807) is 6.07 Å². The number of hydrogen-bond acceptors (Lipinski definition) is 1. The molecule has 1 N–H and O–H groups in total. The summed E-state index contributed by atoms with van der Waals surface area (Å²) in [5.41, 5.74) is 1.16. The zero-order valence-electron chi connectivity index (χ0n) is 10.4. The predicted molar refractivity (Wildman–Crippen MR) is 76.2 cm³/mol. The van der Waals surface area contributed by atoms with Crippen LogP contribution < -0.4 is 0 Å². The maximum atomic E-state index is 13.3. The second-order valence-electron chi connectivity index (χ2n) is 4.51. The molecule has 0 aliphatic carbocycles. The van der Waals surface area contributed by atoms with Gasteiger partial charge in [-0.1, -0.05) is 41.4 Å². The van der Waals surface area contributed by atoms with Gasteiger partial charge in [0.2, 0.25) is 0 Å². The highest BCUT2D eigenvalue weighted by molar-refractivity contribution is 6.31. The molecule has 0 aliphatic rings. The lowest BCUT2D eigenvalue weighted by molar-refractivity contribution is 0.175. The first kappa shape index (κ1) is 15.2. The third kappa shape index (κ3) is 3.69. The Kier molecular flexibility index (Phi) is 4.97. The fourth-order valence-electron chi connectivity index (χ4n) is 1.97. The monoisotopic (exact) mass is 316 g/mol. The van der Waals surface area contributed by atoms with Crippen molar-refractivity contribution in [3.63, 3.8) is 0 Å². The van der Waals surface area contributed by atoms with E-state index in [2.05, 4.69) is 0 Å². The zero-order chi connectivity index (χ0) is 14.7. The van der Waals surface area contributed by atoms with Crippen LogP contribution in [-0.2, 0) is 12.8 Å². The van der Waals surface area contributed by atoms with Gasteiger partial charge in [-0.2, -0.15) is 0 Å². The average molecular weight is 317 g/mol. The van der Waals surface area contributed by atoms with Crippen LogP contribution in [-0.4, -0.2) is 11.2 Å². The molecule has 20 heavy (non-hydrogen) atoms. The Morgan fingerprint density at radius 2 is 1.70 bits per heavy atom. The van der Waals surface area contributed by atoms with Gasteiger partial charge in [0.05, 0.1) is 11.1 Å². The largest absolute Gasteiger partial charge is 0.392 e. The highest BCUT2D eigenvalue weighted by Crippen LogP contribution is 2.23. The SMILES string of the molecule is OC(Cc1ccc(F)cc1Cl)Cc1cccc(F)c1Cl. The molecule has 0 fully saturated rings. The molecule has 0 saturated heterocycles. The molecule has 1 unspecified atom stereocenters. The Morgan fingerprint density at radius 1 is 1.00 bits per heavy atom. The van der Waals surface area contributed by atoms with Gasteiger partial charge in [-0.05, 0) is 29.3 Å². The van der Waals surface area contributed by atoms with Crippen LogP contribution >= 0.6 is 23.2 Å². The molecule has 0 radical (unpaired) electrons. The Morgan fingerprint density at radius 3 is 2.40 bits per heavy atom. The van der Waals surface area contributed by atoms with E-state index in [0.717, 1.165) is 0 Å². The Balaban J connectivity index is 2.09. The fourth-order valence-corrected chi connectivity index (χ4v) is 2.42. The second-order valence-corrected chi connectivity index (χ2v) is 5.30. The lowest BCUT2D eigenvalue weighted by Gasteiger charge is -2.13. The van der Waals surface area contributed by atoms with Gasteiger partial charge >= 0.3 is 0 Å². The molecule has 2 rings (SSSR count). The van der Waals surface area contributed by atoms with Gasteiger partial charge in [-0.15, -0.1) is 0 Å². The summed E-state index contributed by atoms with van der Waals surface area (Å²) in [5, 5.41) is 10.3. The Hall–Kier alpha value is -1.16. The summed E-state index contributed by atoms with van der Waals surface area (Å²) in [6, 6.07) is 8.44. The van der Waals surface area contributed by atoms with Crippen molar-refractivity contribution in [3.8, 4) is 0 Å². The summed E-state index contributed by atoms with van der Waals surface area (Å²) < 4.78 is 26.2. The summed E-state index contributed by atoms with van der Waals surface area (Å²) in [6.45, 7) is 0. The van der Waals surface area contributed by atoms with E-state index in [9.17, 15) is 13.9 Å². The number of halogens is 4. The minimum Gasteiger partial charge on any atom is -0.392 e. The minimum absolute atomic E-state index is 0.0109. The molecule has 0 saturated carbocycles. The molecule has 0 aliphatic heterocycles. The molecule has 0 bridgehead atoms. The van der Waals surface area contributed by atoms with E-state index in [1.165, 1.54) is 30.3 Å². The third-order valence-corrected chi connectivity index (χ3v) is 3.73. The van der Waals surface area contributed by atoms with E-state index >= 15 is 0 Å². The van der Waals surface area contributed by atoms with E-state index < -0.39 is 17.7 Å². The van der Waals surface area contributed by atoms with Gasteiger partial charge in [-0.3, -0.25) is 0 Å². The first-order chi connectivity index (χ1) is 9.47. The summed E-state index contributed by atoms with van der Waals surface area (Å²) in [7, 11) is 0. The van der Waals surface area contributed by atoms with Crippen molar-refractivity contribution in [2.24, 2.45) is 0 Å². The number of aliphatic hydroxyl groups is 1. The maximum absolute atomic E-state index is 13.3. The van der Waals surface area contributed by atoms with Crippen molar-refractivity contribution in [2.45, 2.75) is 18.9 Å². The van der Waals surface area contributed by atoms with E-state index in [4.69, 9.17) is 23.2 Å². The highest BCUT2D eigenvalue weighted by atomic mass is 35.5.